The van der Waals surface area contributed by atoms with Gasteiger partial charge in [0.05, 0.1) is 5.60 Å². The zero-order valence-electron chi connectivity index (χ0n) is 10.1. The van der Waals surface area contributed by atoms with Crippen molar-refractivity contribution in [1.82, 2.24) is 5.32 Å². The Bertz CT molecular complexity index is 323. The van der Waals surface area contributed by atoms with Gasteiger partial charge in [0.1, 0.15) is 0 Å². The largest absolute Gasteiger partial charge is 0.388 e. The molecule has 2 N–H and O–H groups in total. The Labute approximate surface area is 110 Å². The molecule has 0 amide bonds. The second kappa shape index (κ2) is 6.15. The van der Waals surface area contributed by atoms with Gasteiger partial charge in [-0.2, -0.15) is 0 Å². The molecule has 1 aromatic heterocycles. The molecule has 2 nitrogen and oxygen atoms in total. The van der Waals surface area contributed by atoms with Crippen molar-refractivity contribution in [1.29, 1.82) is 0 Å². The third kappa shape index (κ3) is 4.95. The van der Waals surface area contributed by atoms with E-state index in [0.29, 0.717) is 18.9 Å². The molecule has 1 unspecified atom stereocenters. The molecule has 1 atom stereocenters. The second-order valence-corrected chi connectivity index (χ2v) is 6.75. The molecule has 16 heavy (non-hydrogen) atoms. The number of rotatable bonds is 6. The lowest BCUT2D eigenvalue weighted by Crippen LogP contribution is -2.40. The van der Waals surface area contributed by atoms with Crippen LogP contribution in [0.15, 0.2) is 15.9 Å². The summed E-state index contributed by atoms with van der Waals surface area (Å²) >= 11 is 5.17. The predicted molar refractivity (Wildman–Crippen MR) is 74.1 cm³/mol. The first kappa shape index (κ1) is 14.2. The van der Waals surface area contributed by atoms with E-state index in [1.54, 1.807) is 11.3 Å². The van der Waals surface area contributed by atoms with Crippen molar-refractivity contribution in [3.8, 4) is 0 Å². The SMILES string of the molecule is CC(C)CNCC(C)(O)Cc1sccc1Br. The summed E-state index contributed by atoms with van der Waals surface area (Å²) < 4.78 is 1.10. The summed E-state index contributed by atoms with van der Waals surface area (Å²) in [4.78, 5) is 1.20. The number of hydrogen-bond donors (Lipinski definition) is 2. The summed E-state index contributed by atoms with van der Waals surface area (Å²) in [5.74, 6) is 0.615. The number of hydrogen-bond acceptors (Lipinski definition) is 3. The van der Waals surface area contributed by atoms with Gasteiger partial charge >= 0.3 is 0 Å². The van der Waals surface area contributed by atoms with Crippen LogP contribution in [0, 0.1) is 5.92 Å². The van der Waals surface area contributed by atoms with E-state index >= 15 is 0 Å². The number of nitrogens with one attached hydrogen (secondary N) is 1. The summed E-state index contributed by atoms with van der Waals surface area (Å²) in [6.07, 6.45) is 0.691. The minimum absolute atomic E-state index is 0.615. The van der Waals surface area contributed by atoms with E-state index in [2.05, 4.69) is 35.1 Å². The molecule has 0 saturated carbocycles. The van der Waals surface area contributed by atoms with E-state index < -0.39 is 5.60 Å². The Morgan fingerprint density at radius 2 is 2.25 bits per heavy atom. The lowest BCUT2D eigenvalue weighted by atomic mass is 10.0. The van der Waals surface area contributed by atoms with E-state index in [4.69, 9.17) is 0 Å². The Balaban J connectivity index is 2.42. The van der Waals surface area contributed by atoms with Crippen LogP contribution in [0.2, 0.25) is 0 Å². The first-order chi connectivity index (χ1) is 7.41. The molecule has 1 heterocycles. The highest BCUT2D eigenvalue weighted by Crippen LogP contribution is 2.26. The average molecular weight is 306 g/mol. The minimum atomic E-state index is -0.678. The molecule has 0 bridgehead atoms. The highest BCUT2D eigenvalue weighted by Gasteiger charge is 2.22. The first-order valence-electron chi connectivity index (χ1n) is 5.56. The van der Waals surface area contributed by atoms with Gasteiger partial charge in [-0.3, -0.25) is 0 Å². The van der Waals surface area contributed by atoms with Gasteiger partial charge in [-0.25, -0.2) is 0 Å². The Morgan fingerprint density at radius 1 is 1.56 bits per heavy atom. The Morgan fingerprint density at radius 3 is 2.75 bits per heavy atom. The monoisotopic (exact) mass is 305 g/mol. The van der Waals surface area contributed by atoms with Gasteiger partial charge in [0.25, 0.3) is 0 Å². The van der Waals surface area contributed by atoms with Crippen LogP contribution in [0.5, 0.6) is 0 Å². The van der Waals surface area contributed by atoms with Gasteiger partial charge in [-0.05, 0) is 46.8 Å². The molecule has 92 valence electrons. The number of halogens is 1. The van der Waals surface area contributed by atoms with Crippen molar-refractivity contribution < 1.29 is 5.11 Å². The molecule has 0 aromatic carbocycles. The predicted octanol–water partition coefficient (Wildman–Crippen LogP) is 3.05. The fourth-order valence-electron chi connectivity index (χ4n) is 1.49. The van der Waals surface area contributed by atoms with Crippen LogP contribution in [0.3, 0.4) is 0 Å². The molecular weight excluding hydrogens is 286 g/mol. The van der Waals surface area contributed by atoms with Crippen LogP contribution < -0.4 is 5.32 Å². The van der Waals surface area contributed by atoms with Crippen LogP contribution in [-0.2, 0) is 6.42 Å². The van der Waals surface area contributed by atoms with Gasteiger partial charge in [-0.15, -0.1) is 11.3 Å². The fraction of sp³-hybridized carbons (Fsp3) is 0.667. The summed E-state index contributed by atoms with van der Waals surface area (Å²) in [6.45, 7) is 7.79. The highest BCUT2D eigenvalue weighted by molar-refractivity contribution is 9.10. The summed E-state index contributed by atoms with van der Waals surface area (Å²) in [7, 11) is 0. The number of aliphatic hydroxyl groups is 1. The lowest BCUT2D eigenvalue weighted by Gasteiger charge is -2.24. The Hall–Kier alpha value is 0.100. The molecule has 4 heteroatoms. The van der Waals surface area contributed by atoms with Gasteiger partial charge in [0.15, 0.2) is 0 Å². The molecule has 0 saturated heterocycles. The standard InChI is InChI=1S/C12H20BrNOS/c1-9(2)7-14-8-12(3,15)6-11-10(13)4-5-16-11/h4-5,9,14-15H,6-8H2,1-3H3. The van der Waals surface area contributed by atoms with Crippen LogP contribution in [0.4, 0.5) is 0 Å². The maximum Gasteiger partial charge on any atom is 0.0791 e. The van der Waals surface area contributed by atoms with Crippen molar-refractivity contribution in [2.75, 3.05) is 13.1 Å². The van der Waals surface area contributed by atoms with E-state index in [1.165, 1.54) is 4.88 Å². The van der Waals surface area contributed by atoms with Crippen molar-refractivity contribution >= 4 is 27.3 Å². The summed E-state index contributed by atoms with van der Waals surface area (Å²) in [5, 5.41) is 15.6. The van der Waals surface area contributed by atoms with E-state index in [9.17, 15) is 5.11 Å². The van der Waals surface area contributed by atoms with Crippen molar-refractivity contribution in [2.24, 2.45) is 5.92 Å². The van der Waals surface area contributed by atoms with Gasteiger partial charge in [0.2, 0.25) is 0 Å². The van der Waals surface area contributed by atoms with Crippen LogP contribution in [0.1, 0.15) is 25.6 Å². The Kier molecular flexibility index (Phi) is 5.44. The lowest BCUT2D eigenvalue weighted by molar-refractivity contribution is 0.0602. The molecular formula is C12H20BrNOS. The molecule has 0 fully saturated rings. The van der Waals surface area contributed by atoms with Crippen molar-refractivity contribution in [3.63, 3.8) is 0 Å². The van der Waals surface area contributed by atoms with Gasteiger partial charge in [0, 0.05) is 22.3 Å². The van der Waals surface area contributed by atoms with E-state index in [1.807, 2.05) is 18.4 Å². The maximum absolute atomic E-state index is 10.2. The smallest absolute Gasteiger partial charge is 0.0791 e. The molecule has 0 aliphatic carbocycles. The molecule has 0 aliphatic rings. The summed E-state index contributed by atoms with van der Waals surface area (Å²) in [6, 6.07) is 2.03. The van der Waals surface area contributed by atoms with Crippen LogP contribution >= 0.6 is 27.3 Å². The molecule has 1 aromatic rings. The van der Waals surface area contributed by atoms with Crippen LogP contribution in [-0.4, -0.2) is 23.8 Å². The molecule has 0 radical (unpaired) electrons. The van der Waals surface area contributed by atoms with Crippen molar-refractivity contribution in [3.05, 3.63) is 20.8 Å². The highest BCUT2D eigenvalue weighted by atomic mass is 79.9. The fourth-order valence-corrected chi connectivity index (χ4v) is 3.16. The van der Waals surface area contributed by atoms with E-state index in [-0.39, 0.29) is 0 Å². The van der Waals surface area contributed by atoms with Crippen molar-refractivity contribution in [2.45, 2.75) is 32.8 Å². The third-order valence-corrected chi connectivity index (χ3v) is 4.22. The summed E-state index contributed by atoms with van der Waals surface area (Å²) in [5.41, 5.74) is -0.678. The van der Waals surface area contributed by atoms with Gasteiger partial charge < -0.3 is 10.4 Å². The average Bonchev–Trinajstić information content (AvgIpc) is 2.50. The first-order valence-corrected chi connectivity index (χ1v) is 7.23. The topological polar surface area (TPSA) is 32.3 Å². The maximum atomic E-state index is 10.2. The quantitative estimate of drug-likeness (QED) is 0.846. The second-order valence-electron chi connectivity index (χ2n) is 4.89. The molecule has 0 aliphatic heterocycles. The molecule has 1 rings (SSSR count). The normalized spacial score (nSPS) is 15.4. The third-order valence-electron chi connectivity index (χ3n) is 2.29. The van der Waals surface area contributed by atoms with Gasteiger partial charge in [-0.1, -0.05) is 13.8 Å². The molecule has 0 spiro atoms. The minimum Gasteiger partial charge on any atom is -0.388 e. The van der Waals surface area contributed by atoms with E-state index in [0.717, 1.165) is 11.0 Å². The van der Waals surface area contributed by atoms with Crippen LogP contribution in [0.25, 0.3) is 0 Å². The number of thiophene rings is 1. The zero-order chi connectivity index (χ0) is 12.2. The zero-order valence-corrected chi connectivity index (χ0v) is 12.5.